The van der Waals surface area contributed by atoms with E-state index in [9.17, 15) is 0 Å². The predicted molar refractivity (Wildman–Crippen MR) is 64.1 cm³/mol. The molecule has 0 saturated heterocycles. The molecule has 3 nitrogen and oxygen atoms in total. The fraction of sp³-hybridized carbons (Fsp3) is 1.00. The normalized spacial score (nSPS) is 10.8. The second-order valence-electron chi connectivity index (χ2n) is 3.78. The van der Waals surface area contributed by atoms with Crippen LogP contribution in [0.4, 0.5) is 0 Å². The summed E-state index contributed by atoms with van der Waals surface area (Å²) in [7, 11) is 0. The first kappa shape index (κ1) is 14.9. The molecular formula is C12H27NO2. The minimum atomic E-state index is 0.737. The summed E-state index contributed by atoms with van der Waals surface area (Å²) in [6, 6.07) is 0. The second-order valence-corrected chi connectivity index (χ2v) is 3.78. The molecule has 0 aliphatic carbocycles. The number of nitrogens with two attached hydrogens (primary N) is 1. The van der Waals surface area contributed by atoms with Crippen molar-refractivity contribution in [2.75, 3.05) is 33.0 Å². The predicted octanol–water partition coefficient (Wildman–Crippen LogP) is 2.34. The molecule has 0 saturated carbocycles. The summed E-state index contributed by atoms with van der Waals surface area (Å²) < 4.78 is 10.8. The summed E-state index contributed by atoms with van der Waals surface area (Å²) in [6.45, 7) is 6.19. The lowest BCUT2D eigenvalue weighted by Gasteiger charge is -2.05. The van der Waals surface area contributed by atoms with Gasteiger partial charge in [-0.05, 0) is 25.8 Å². The number of rotatable bonds is 12. The van der Waals surface area contributed by atoms with Crippen molar-refractivity contribution in [3.05, 3.63) is 0 Å². The van der Waals surface area contributed by atoms with Crippen molar-refractivity contribution in [2.45, 2.75) is 45.4 Å². The summed E-state index contributed by atoms with van der Waals surface area (Å²) in [5.41, 5.74) is 5.40. The van der Waals surface area contributed by atoms with Gasteiger partial charge in [-0.2, -0.15) is 0 Å². The minimum absolute atomic E-state index is 0.737. The molecule has 3 heteroatoms. The van der Waals surface area contributed by atoms with Crippen LogP contribution in [-0.2, 0) is 9.47 Å². The van der Waals surface area contributed by atoms with Gasteiger partial charge in [-0.1, -0.05) is 26.2 Å². The quantitative estimate of drug-likeness (QED) is 0.510. The van der Waals surface area contributed by atoms with Crippen molar-refractivity contribution >= 4 is 0 Å². The van der Waals surface area contributed by atoms with Crippen molar-refractivity contribution < 1.29 is 9.47 Å². The minimum Gasteiger partial charge on any atom is -0.379 e. The van der Waals surface area contributed by atoms with E-state index in [1.807, 2.05) is 0 Å². The van der Waals surface area contributed by atoms with Crippen molar-refractivity contribution in [1.82, 2.24) is 0 Å². The molecule has 0 unspecified atom stereocenters. The molecule has 15 heavy (non-hydrogen) atoms. The lowest BCUT2D eigenvalue weighted by Crippen LogP contribution is -2.06. The molecule has 0 radical (unpaired) electrons. The molecule has 0 aromatic heterocycles. The first-order valence-corrected chi connectivity index (χ1v) is 6.27. The SMILES string of the molecule is CCCCOCCOCCCCCCN. The van der Waals surface area contributed by atoms with E-state index in [0.717, 1.165) is 52.2 Å². The lowest BCUT2D eigenvalue weighted by molar-refractivity contribution is 0.0453. The molecule has 0 fully saturated rings. The van der Waals surface area contributed by atoms with E-state index in [1.54, 1.807) is 0 Å². The Kier molecular flexibility index (Phi) is 13.8. The summed E-state index contributed by atoms with van der Waals surface area (Å²) >= 11 is 0. The first-order chi connectivity index (χ1) is 7.41. The van der Waals surface area contributed by atoms with Crippen LogP contribution in [0.5, 0.6) is 0 Å². The van der Waals surface area contributed by atoms with Crippen LogP contribution < -0.4 is 5.73 Å². The number of hydrogen-bond acceptors (Lipinski definition) is 3. The molecule has 0 spiro atoms. The third kappa shape index (κ3) is 13.9. The van der Waals surface area contributed by atoms with Gasteiger partial charge in [0.2, 0.25) is 0 Å². The average Bonchev–Trinajstić information content (AvgIpc) is 2.26. The summed E-state index contributed by atoms with van der Waals surface area (Å²) in [6.07, 6.45) is 7.09. The smallest absolute Gasteiger partial charge is 0.0700 e. The molecule has 0 rings (SSSR count). The van der Waals surface area contributed by atoms with Gasteiger partial charge in [-0.3, -0.25) is 0 Å². The highest BCUT2D eigenvalue weighted by atomic mass is 16.5. The molecule has 0 amide bonds. The number of ether oxygens (including phenoxy) is 2. The van der Waals surface area contributed by atoms with Crippen molar-refractivity contribution in [3.8, 4) is 0 Å². The van der Waals surface area contributed by atoms with E-state index in [2.05, 4.69) is 6.92 Å². The van der Waals surface area contributed by atoms with E-state index < -0.39 is 0 Å². The Hall–Kier alpha value is -0.120. The van der Waals surface area contributed by atoms with Crippen molar-refractivity contribution in [3.63, 3.8) is 0 Å². The van der Waals surface area contributed by atoms with Crippen LogP contribution in [0.3, 0.4) is 0 Å². The van der Waals surface area contributed by atoms with Gasteiger partial charge in [-0.15, -0.1) is 0 Å². The van der Waals surface area contributed by atoms with Gasteiger partial charge in [0.1, 0.15) is 0 Å². The molecule has 0 aromatic carbocycles. The number of hydrogen-bond donors (Lipinski definition) is 1. The van der Waals surface area contributed by atoms with Crippen molar-refractivity contribution in [1.29, 1.82) is 0 Å². The van der Waals surface area contributed by atoms with Crippen LogP contribution in [0.25, 0.3) is 0 Å². The highest BCUT2D eigenvalue weighted by molar-refractivity contribution is 4.43. The molecule has 2 N–H and O–H groups in total. The fourth-order valence-electron chi connectivity index (χ4n) is 1.27. The Labute approximate surface area is 94.3 Å². The van der Waals surface area contributed by atoms with Crippen LogP contribution in [0.1, 0.15) is 45.4 Å². The zero-order chi connectivity index (χ0) is 11.2. The number of unbranched alkanes of at least 4 members (excludes halogenated alkanes) is 4. The fourth-order valence-corrected chi connectivity index (χ4v) is 1.27. The maximum absolute atomic E-state index is 5.44. The second kappa shape index (κ2) is 13.9. The third-order valence-electron chi connectivity index (χ3n) is 2.26. The molecule has 0 heterocycles. The van der Waals surface area contributed by atoms with Gasteiger partial charge in [0.25, 0.3) is 0 Å². The van der Waals surface area contributed by atoms with Crippen LogP contribution in [0.2, 0.25) is 0 Å². The summed E-state index contributed by atoms with van der Waals surface area (Å²) in [4.78, 5) is 0. The van der Waals surface area contributed by atoms with E-state index in [0.29, 0.717) is 0 Å². The Balaban J connectivity index is 2.81. The lowest BCUT2D eigenvalue weighted by atomic mass is 10.2. The molecule has 92 valence electrons. The van der Waals surface area contributed by atoms with E-state index in [4.69, 9.17) is 15.2 Å². The topological polar surface area (TPSA) is 44.5 Å². The first-order valence-electron chi connectivity index (χ1n) is 6.27. The molecule has 0 bridgehead atoms. The van der Waals surface area contributed by atoms with Crippen molar-refractivity contribution in [2.24, 2.45) is 5.73 Å². The van der Waals surface area contributed by atoms with Gasteiger partial charge in [0.05, 0.1) is 13.2 Å². The van der Waals surface area contributed by atoms with E-state index >= 15 is 0 Å². The summed E-state index contributed by atoms with van der Waals surface area (Å²) in [5, 5.41) is 0. The third-order valence-corrected chi connectivity index (χ3v) is 2.26. The maximum Gasteiger partial charge on any atom is 0.0700 e. The van der Waals surface area contributed by atoms with Crippen LogP contribution in [0, 0.1) is 0 Å². The van der Waals surface area contributed by atoms with Gasteiger partial charge in [-0.25, -0.2) is 0 Å². The van der Waals surface area contributed by atoms with Gasteiger partial charge in [0.15, 0.2) is 0 Å². The molecule has 0 aromatic rings. The zero-order valence-corrected chi connectivity index (χ0v) is 10.2. The monoisotopic (exact) mass is 217 g/mol. The molecule has 0 atom stereocenters. The average molecular weight is 217 g/mol. The maximum atomic E-state index is 5.44. The Morgan fingerprint density at radius 3 is 1.93 bits per heavy atom. The van der Waals surface area contributed by atoms with E-state index in [-0.39, 0.29) is 0 Å². The van der Waals surface area contributed by atoms with Gasteiger partial charge in [0, 0.05) is 13.2 Å². The van der Waals surface area contributed by atoms with E-state index in [1.165, 1.54) is 19.3 Å². The summed E-state index contributed by atoms with van der Waals surface area (Å²) in [5.74, 6) is 0. The zero-order valence-electron chi connectivity index (χ0n) is 10.2. The Morgan fingerprint density at radius 1 is 0.733 bits per heavy atom. The highest BCUT2D eigenvalue weighted by Gasteiger charge is 1.91. The van der Waals surface area contributed by atoms with Gasteiger partial charge >= 0.3 is 0 Å². The van der Waals surface area contributed by atoms with Crippen LogP contribution >= 0.6 is 0 Å². The molecular weight excluding hydrogens is 190 g/mol. The largest absolute Gasteiger partial charge is 0.379 e. The highest BCUT2D eigenvalue weighted by Crippen LogP contribution is 1.98. The van der Waals surface area contributed by atoms with Crippen LogP contribution in [-0.4, -0.2) is 33.0 Å². The Morgan fingerprint density at radius 2 is 1.33 bits per heavy atom. The van der Waals surface area contributed by atoms with Gasteiger partial charge < -0.3 is 15.2 Å². The van der Waals surface area contributed by atoms with Crippen LogP contribution in [0.15, 0.2) is 0 Å². The Bertz CT molecular complexity index is 97.8. The molecule has 0 aliphatic rings. The molecule has 0 aliphatic heterocycles. The standard InChI is InChI=1S/C12H27NO2/c1-2-3-9-14-11-12-15-10-7-5-4-6-8-13/h2-13H2,1H3.